The van der Waals surface area contributed by atoms with Crippen molar-refractivity contribution in [3.8, 4) is 5.75 Å². The van der Waals surface area contributed by atoms with Crippen LogP contribution in [0.25, 0.3) is 6.08 Å². The van der Waals surface area contributed by atoms with E-state index in [1.54, 1.807) is 12.1 Å². The number of nitrogens with one attached hydrogen (secondary N) is 1. The summed E-state index contributed by atoms with van der Waals surface area (Å²) >= 11 is 6.04. The maximum absolute atomic E-state index is 11.8. The normalized spacial score (nSPS) is 10.6. The Balaban J connectivity index is 1.87. The third-order valence-corrected chi connectivity index (χ3v) is 3.40. The minimum Gasteiger partial charge on any atom is -0.494 e. The van der Waals surface area contributed by atoms with E-state index in [1.807, 2.05) is 49.4 Å². The Morgan fingerprint density at radius 2 is 1.91 bits per heavy atom. The number of halogens is 1. The van der Waals surface area contributed by atoms with Crippen LogP contribution in [-0.2, 0) is 11.3 Å². The summed E-state index contributed by atoms with van der Waals surface area (Å²) in [6.07, 6.45) is 3.27. The Bertz CT molecular complexity index is 650. The third-order valence-electron chi connectivity index (χ3n) is 3.03. The maximum atomic E-state index is 11.8. The zero-order chi connectivity index (χ0) is 15.8. The van der Waals surface area contributed by atoms with Crippen molar-refractivity contribution in [1.82, 2.24) is 5.32 Å². The minimum absolute atomic E-state index is 0.159. The van der Waals surface area contributed by atoms with Gasteiger partial charge in [0.2, 0.25) is 5.91 Å². The van der Waals surface area contributed by atoms with Crippen LogP contribution in [0.5, 0.6) is 5.75 Å². The summed E-state index contributed by atoms with van der Waals surface area (Å²) in [7, 11) is 0. The molecule has 114 valence electrons. The molecule has 0 bridgehead atoms. The first-order valence-electron chi connectivity index (χ1n) is 7.11. The molecule has 0 heterocycles. The average Bonchev–Trinajstić information content (AvgIpc) is 2.54. The molecule has 0 radical (unpaired) electrons. The molecule has 0 aliphatic carbocycles. The predicted molar refractivity (Wildman–Crippen MR) is 89.9 cm³/mol. The van der Waals surface area contributed by atoms with E-state index < -0.39 is 0 Å². The van der Waals surface area contributed by atoms with Crippen LogP contribution in [0.3, 0.4) is 0 Å². The number of amides is 1. The van der Waals surface area contributed by atoms with Gasteiger partial charge < -0.3 is 10.1 Å². The number of carbonyl (C=O) groups excluding carboxylic acids is 1. The van der Waals surface area contributed by atoms with Crippen LogP contribution in [-0.4, -0.2) is 12.5 Å². The van der Waals surface area contributed by atoms with Gasteiger partial charge >= 0.3 is 0 Å². The standard InChI is InChI=1S/C18H18ClNO2/c1-2-22-16-10-7-14(8-11-16)9-12-18(21)20-13-15-5-3-4-6-17(15)19/h3-12H,2,13H2,1H3,(H,20,21)/b12-9+. The molecule has 0 unspecified atom stereocenters. The predicted octanol–water partition coefficient (Wildman–Crippen LogP) is 4.07. The monoisotopic (exact) mass is 315 g/mol. The quantitative estimate of drug-likeness (QED) is 0.816. The first-order chi connectivity index (χ1) is 10.7. The zero-order valence-electron chi connectivity index (χ0n) is 12.4. The fourth-order valence-electron chi connectivity index (χ4n) is 1.90. The zero-order valence-corrected chi connectivity index (χ0v) is 13.1. The number of carbonyl (C=O) groups is 1. The van der Waals surface area contributed by atoms with Crippen LogP contribution in [0.2, 0.25) is 5.02 Å². The summed E-state index contributed by atoms with van der Waals surface area (Å²) in [6.45, 7) is 2.99. The summed E-state index contributed by atoms with van der Waals surface area (Å²) < 4.78 is 5.37. The molecular weight excluding hydrogens is 298 g/mol. The molecule has 22 heavy (non-hydrogen) atoms. The molecular formula is C18H18ClNO2. The highest BCUT2D eigenvalue weighted by molar-refractivity contribution is 6.31. The minimum atomic E-state index is -0.159. The second-order valence-corrected chi connectivity index (χ2v) is 5.05. The molecule has 0 aliphatic heterocycles. The molecule has 0 saturated heterocycles. The van der Waals surface area contributed by atoms with Crippen molar-refractivity contribution in [2.24, 2.45) is 0 Å². The van der Waals surface area contributed by atoms with E-state index in [0.29, 0.717) is 18.2 Å². The topological polar surface area (TPSA) is 38.3 Å². The Morgan fingerprint density at radius 1 is 1.18 bits per heavy atom. The van der Waals surface area contributed by atoms with Crippen molar-refractivity contribution in [2.75, 3.05) is 6.61 Å². The van der Waals surface area contributed by atoms with E-state index in [-0.39, 0.29) is 5.91 Å². The van der Waals surface area contributed by atoms with Gasteiger partial charge in [0, 0.05) is 17.6 Å². The molecule has 0 saturated carbocycles. The smallest absolute Gasteiger partial charge is 0.244 e. The molecule has 2 rings (SSSR count). The van der Waals surface area contributed by atoms with E-state index in [4.69, 9.17) is 16.3 Å². The lowest BCUT2D eigenvalue weighted by Crippen LogP contribution is -2.20. The summed E-state index contributed by atoms with van der Waals surface area (Å²) in [5.74, 6) is 0.664. The second-order valence-electron chi connectivity index (χ2n) is 4.64. The fraction of sp³-hybridized carbons (Fsp3) is 0.167. The Kier molecular flexibility index (Phi) is 6.04. The second kappa shape index (κ2) is 8.25. The highest BCUT2D eigenvalue weighted by Crippen LogP contribution is 2.15. The number of ether oxygens (including phenoxy) is 1. The molecule has 0 atom stereocenters. The van der Waals surface area contributed by atoms with Crippen molar-refractivity contribution in [2.45, 2.75) is 13.5 Å². The van der Waals surface area contributed by atoms with Gasteiger partial charge in [-0.25, -0.2) is 0 Å². The van der Waals surface area contributed by atoms with Gasteiger partial charge in [0.05, 0.1) is 6.61 Å². The highest BCUT2D eigenvalue weighted by atomic mass is 35.5. The van der Waals surface area contributed by atoms with E-state index >= 15 is 0 Å². The van der Waals surface area contributed by atoms with Gasteiger partial charge in [0.15, 0.2) is 0 Å². The third kappa shape index (κ3) is 4.93. The van der Waals surface area contributed by atoms with Crippen molar-refractivity contribution >= 4 is 23.6 Å². The molecule has 4 heteroatoms. The van der Waals surface area contributed by atoms with Gasteiger partial charge in [-0.2, -0.15) is 0 Å². The van der Waals surface area contributed by atoms with Gasteiger partial charge in [-0.15, -0.1) is 0 Å². The highest BCUT2D eigenvalue weighted by Gasteiger charge is 2.00. The number of benzene rings is 2. The van der Waals surface area contributed by atoms with Crippen LogP contribution in [0.4, 0.5) is 0 Å². The van der Waals surface area contributed by atoms with Crippen LogP contribution in [0.15, 0.2) is 54.6 Å². The largest absolute Gasteiger partial charge is 0.494 e. The van der Waals surface area contributed by atoms with E-state index in [2.05, 4.69) is 5.32 Å². The molecule has 0 aliphatic rings. The van der Waals surface area contributed by atoms with Gasteiger partial charge in [-0.05, 0) is 42.3 Å². The van der Waals surface area contributed by atoms with Gasteiger partial charge in [-0.1, -0.05) is 41.9 Å². The van der Waals surface area contributed by atoms with E-state index in [0.717, 1.165) is 16.9 Å². The van der Waals surface area contributed by atoms with Crippen molar-refractivity contribution in [3.05, 3.63) is 70.8 Å². The van der Waals surface area contributed by atoms with Crippen molar-refractivity contribution in [1.29, 1.82) is 0 Å². The molecule has 1 N–H and O–H groups in total. The number of hydrogen-bond acceptors (Lipinski definition) is 2. The Morgan fingerprint density at radius 3 is 2.59 bits per heavy atom. The van der Waals surface area contributed by atoms with E-state index in [9.17, 15) is 4.79 Å². The maximum Gasteiger partial charge on any atom is 0.244 e. The SMILES string of the molecule is CCOc1ccc(/C=C/C(=O)NCc2ccccc2Cl)cc1. The number of hydrogen-bond donors (Lipinski definition) is 1. The summed E-state index contributed by atoms with van der Waals surface area (Å²) in [5.41, 5.74) is 1.84. The molecule has 2 aromatic carbocycles. The number of rotatable bonds is 6. The van der Waals surface area contributed by atoms with Crippen LogP contribution < -0.4 is 10.1 Å². The summed E-state index contributed by atoms with van der Waals surface area (Å²) in [6, 6.07) is 15.0. The van der Waals surface area contributed by atoms with Gasteiger partial charge in [0.25, 0.3) is 0 Å². The first-order valence-corrected chi connectivity index (χ1v) is 7.49. The average molecular weight is 316 g/mol. The molecule has 0 aromatic heterocycles. The molecule has 0 spiro atoms. The molecule has 2 aromatic rings. The van der Waals surface area contributed by atoms with Crippen LogP contribution in [0.1, 0.15) is 18.1 Å². The molecule has 3 nitrogen and oxygen atoms in total. The molecule has 0 fully saturated rings. The lowest BCUT2D eigenvalue weighted by Gasteiger charge is -2.04. The lowest BCUT2D eigenvalue weighted by molar-refractivity contribution is -0.116. The van der Waals surface area contributed by atoms with Crippen molar-refractivity contribution < 1.29 is 9.53 Å². The fourth-order valence-corrected chi connectivity index (χ4v) is 2.10. The van der Waals surface area contributed by atoms with Crippen molar-refractivity contribution in [3.63, 3.8) is 0 Å². The van der Waals surface area contributed by atoms with Gasteiger partial charge in [0.1, 0.15) is 5.75 Å². The van der Waals surface area contributed by atoms with Crippen LogP contribution in [0, 0.1) is 0 Å². The molecule has 1 amide bonds. The summed E-state index contributed by atoms with van der Waals surface area (Å²) in [4.78, 5) is 11.8. The van der Waals surface area contributed by atoms with Crippen LogP contribution >= 0.6 is 11.6 Å². The summed E-state index contributed by atoms with van der Waals surface area (Å²) in [5, 5.41) is 3.46. The van der Waals surface area contributed by atoms with E-state index in [1.165, 1.54) is 6.08 Å². The van der Waals surface area contributed by atoms with Gasteiger partial charge in [-0.3, -0.25) is 4.79 Å². The Labute approximate surface area is 135 Å². The Hall–Kier alpha value is -2.26. The first kappa shape index (κ1) is 16.1. The lowest BCUT2D eigenvalue weighted by atomic mass is 10.2.